The van der Waals surface area contributed by atoms with Gasteiger partial charge in [0.2, 0.25) is 0 Å². The van der Waals surface area contributed by atoms with Gasteiger partial charge in [-0.25, -0.2) is 0 Å². The second kappa shape index (κ2) is 11.2. The molecule has 0 radical (unpaired) electrons. The Labute approximate surface area is 188 Å². The highest BCUT2D eigenvalue weighted by molar-refractivity contribution is 6.12. The lowest BCUT2D eigenvalue weighted by molar-refractivity contribution is -0.157. The van der Waals surface area contributed by atoms with Crippen molar-refractivity contribution in [3.8, 4) is 11.5 Å². The van der Waals surface area contributed by atoms with Crippen LogP contribution in [0.15, 0.2) is 54.6 Å². The molecule has 2 rings (SSSR count). The minimum absolute atomic E-state index is 0.0828. The van der Waals surface area contributed by atoms with Gasteiger partial charge in [0.25, 0.3) is 0 Å². The van der Waals surface area contributed by atoms with Gasteiger partial charge in [0.05, 0.1) is 13.5 Å². The highest BCUT2D eigenvalue weighted by Gasteiger charge is 2.23. The van der Waals surface area contributed by atoms with Crippen LogP contribution in [0.1, 0.15) is 43.1 Å². The maximum absolute atomic E-state index is 12.1. The molecule has 0 heterocycles. The van der Waals surface area contributed by atoms with Gasteiger partial charge in [-0.2, -0.15) is 0 Å². The predicted molar refractivity (Wildman–Crippen MR) is 122 cm³/mol. The van der Waals surface area contributed by atoms with Gasteiger partial charge in [0.15, 0.2) is 23.1 Å². The quantitative estimate of drug-likeness (QED) is 0.261. The molecule has 2 aromatic carbocycles. The summed E-state index contributed by atoms with van der Waals surface area (Å²) >= 11 is 0. The Bertz CT molecular complexity index is 976. The van der Waals surface area contributed by atoms with Crippen LogP contribution in [0.4, 0.5) is 0 Å². The van der Waals surface area contributed by atoms with Crippen LogP contribution in [-0.4, -0.2) is 42.9 Å². The van der Waals surface area contributed by atoms with E-state index < -0.39 is 17.6 Å². The molecule has 0 aliphatic rings. The Morgan fingerprint density at radius 3 is 2.34 bits per heavy atom. The molecule has 32 heavy (non-hydrogen) atoms. The summed E-state index contributed by atoms with van der Waals surface area (Å²) < 4.78 is 16.2. The van der Waals surface area contributed by atoms with Crippen molar-refractivity contribution < 1.29 is 28.6 Å². The molecule has 0 spiro atoms. The van der Waals surface area contributed by atoms with Crippen molar-refractivity contribution in [2.24, 2.45) is 5.73 Å². The van der Waals surface area contributed by atoms with Crippen LogP contribution < -0.4 is 15.2 Å². The Morgan fingerprint density at radius 2 is 1.72 bits per heavy atom. The largest absolute Gasteiger partial charge is 0.493 e. The molecule has 1 unspecified atom stereocenters. The number of benzene rings is 2. The summed E-state index contributed by atoms with van der Waals surface area (Å²) in [5.41, 5.74) is 6.39. The number of carbonyl (C=O) groups is 3. The average Bonchev–Trinajstić information content (AvgIpc) is 2.75. The lowest BCUT2D eigenvalue weighted by atomic mass is 10.1. The zero-order chi connectivity index (χ0) is 23.7. The highest BCUT2D eigenvalue weighted by Crippen LogP contribution is 2.28. The molecular formula is C25H29NO6. The lowest BCUT2D eigenvalue weighted by Crippen LogP contribution is -2.41. The number of ether oxygens (including phenoxy) is 3. The Hall–Kier alpha value is -3.45. The normalized spacial score (nSPS) is 12.3. The molecule has 0 aliphatic carbocycles. The summed E-state index contributed by atoms with van der Waals surface area (Å²) in [5, 5.41) is 0. The summed E-state index contributed by atoms with van der Waals surface area (Å²) in [7, 11) is 1.48. The third-order valence-corrected chi connectivity index (χ3v) is 4.21. The fourth-order valence-corrected chi connectivity index (χ4v) is 2.66. The maximum Gasteiger partial charge on any atom is 0.326 e. The van der Waals surface area contributed by atoms with Gasteiger partial charge in [0, 0.05) is 5.56 Å². The minimum atomic E-state index is -0.946. The summed E-state index contributed by atoms with van der Waals surface area (Å²) in [6.45, 7) is 5.20. The molecule has 0 amide bonds. The second-order valence-corrected chi connectivity index (χ2v) is 8.13. The van der Waals surface area contributed by atoms with Crippen molar-refractivity contribution >= 4 is 23.6 Å². The molecule has 170 valence electrons. The monoisotopic (exact) mass is 439 g/mol. The van der Waals surface area contributed by atoms with Crippen molar-refractivity contribution in [2.75, 3.05) is 13.7 Å². The standard InChI is InChI=1S/C25H29NO6/c1-25(2,3)32-24(29)20(26)16-31-22-13-11-17(14-23(22)30-4)10-12-19(27)15-21(28)18-8-6-5-7-9-18/h5-14,20H,15-16,26H2,1-4H3. The van der Waals surface area contributed by atoms with Crippen molar-refractivity contribution in [3.05, 3.63) is 65.7 Å². The third-order valence-electron chi connectivity index (χ3n) is 4.21. The first-order chi connectivity index (χ1) is 15.1. The number of ketones is 2. The third kappa shape index (κ3) is 8.00. The number of hydrogen-bond acceptors (Lipinski definition) is 7. The molecule has 2 N–H and O–H groups in total. The van der Waals surface area contributed by atoms with Crippen LogP contribution in [0.3, 0.4) is 0 Å². The first kappa shape index (κ1) is 24.8. The van der Waals surface area contributed by atoms with Gasteiger partial charge in [0.1, 0.15) is 18.2 Å². The fourth-order valence-electron chi connectivity index (χ4n) is 2.66. The second-order valence-electron chi connectivity index (χ2n) is 8.13. The van der Waals surface area contributed by atoms with E-state index in [4.69, 9.17) is 19.9 Å². The Morgan fingerprint density at radius 1 is 1.03 bits per heavy atom. The number of allylic oxidation sites excluding steroid dienone is 1. The number of hydrogen-bond donors (Lipinski definition) is 1. The van der Waals surface area contributed by atoms with Gasteiger partial charge in [-0.1, -0.05) is 42.5 Å². The van der Waals surface area contributed by atoms with Crippen molar-refractivity contribution in [3.63, 3.8) is 0 Å². The van der Waals surface area contributed by atoms with Crippen LogP contribution in [0, 0.1) is 0 Å². The number of Topliss-reactive ketones (excluding diaryl/α,β-unsaturated/α-hetero) is 1. The number of rotatable bonds is 10. The van der Waals surface area contributed by atoms with Gasteiger partial charge >= 0.3 is 5.97 Å². The molecule has 0 saturated heterocycles. The van der Waals surface area contributed by atoms with E-state index in [0.29, 0.717) is 22.6 Å². The van der Waals surface area contributed by atoms with Crippen LogP contribution in [0.2, 0.25) is 0 Å². The van der Waals surface area contributed by atoms with Crippen molar-refractivity contribution in [2.45, 2.75) is 38.8 Å². The predicted octanol–water partition coefficient (Wildman–Crippen LogP) is 3.60. The van der Waals surface area contributed by atoms with E-state index in [1.807, 2.05) is 6.07 Å². The lowest BCUT2D eigenvalue weighted by Gasteiger charge is -2.22. The highest BCUT2D eigenvalue weighted by atomic mass is 16.6. The molecular weight excluding hydrogens is 410 g/mol. The molecule has 0 fully saturated rings. The van der Waals surface area contributed by atoms with Crippen LogP contribution in [0.25, 0.3) is 6.08 Å². The molecule has 7 heteroatoms. The smallest absolute Gasteiger partial charge is 0.326 e. The van der Waals surface area contributed by atoms with E-state index in [9.17, 15) is 14.4 Å². The molecule has 7 nitrogen and oxygen atoms in total. The maximum atomic E-state index is 12.1. The van der Waals surface area contributed by atoms with Crippen molar-refractivity contribution in [1.82, 2.24) is 0 Å². The molecule has 1 atom stereocenters. The first-order valence-corrected chi connectivity index (χ1v) is 10.2. The number of carbonyl (C=O) groups excluding carboxylic acids is 3. The zero-order valence-corrected chi connectivity index (χ0v) is 18.8. The van der Waals surface area contributed by atoms with Crippen LogP contribution in [-0.2, 0) is 14.3 Å². The van der Waals surface area contributed by atoms with Crippen LogP contribution >= 0.6 is 0 Å². The number of esters is 1. The van der Waals surface area contributed by atoms with E-state index in [2.05, 4.69) is 0 Å². The average molecular weight is 440 g/mol. The van der Waals surface area contributed by atoms with Gasteiger partial charge in [-0.3, -0.25) is 14.4 Å². The Kier molecular flexibility index (Phi) is 8.72. The molecule has 0 aromatic heterocycles. The van der Waals surface area contributed by atoms with Gasteiger partial charge in [-0.15, -0.1) is 0 Å². The summed E-state index contributed by atoms with van der Waals surface area (Å²) in [6.07, 6.45) is 2.75. The molecule has 0 aliphatic heterocycles. The van der Waals surface area contributed by atoms with Crippen molar-refractivity contribution in [1.29, 1.82) is 0 Å². The first-order valence-electron chi connectivity index (χ1n) is 10.2. The van der Waals surface area contributed by atoms with E-state index in [1.165, 1.54) is 13.2 Å². The van der Waals surface area contributed by atoms with Crippen LogP contribution in [0.5, 0.6) is 11.5 Å². The molecule has 2 aromatic rings. The minimum Gasteiger partial charge on any atom is -0.493 e. The van der Waals surface area contributed by atoms with E-state index in [-0.39, 0.29) is 24.6 Å². The molecule has 0 bridgehead atoms. The SMILES string of the molecule is COc1cc(C=CC(=O)CC(=O)c2ccccc2)ccc1OCC(N)C(=O)OC(C)(C)C. The summed E-state index contributed by atoms with van der Waals surface area (Å²) in [5.74, 6) is -0.283. The zero-order valence-electron chi connectivity index (χ0n) is 18.8. The fraction of sp³-hybridized carbons (Fsp3) is 0.320. The van der Waals surface area contributed by atoms with Gasteiger partial charge in [-0.05, 0) is 44.5 Å². The Balaban J connectivity index is 1.96. The van der Waals surface area contributed by atoms with E-state index in [1.54, 1.807) is 69.3 Å². The topological polar surface area (TPSA) is 105 Å². The van der Waals surface area contributed by atoms with E-state index in [0.717, 1.165) is 0 Å². The summed E-state index contributed by atoms with van der Waals surface area (Å²) in [6, 6.07) is 12.8. The number of nitrogens with two attached hydrogens (primary N) is 1. The number of methoxy groups -OCH3 is 1. The van der Waals surface area contributed by atoms with E-state index >= 15 is 0 Å². The van der Waals surface area contributed by atoms with Gasteiger partial charge < -0.3 is 19.9 Å². The molecule has 0 saturated carbocycles. The summed E-state index contributed by atoms with van der Waals surface area (Å²) in [4.78, 5) is 36.3.